The molecule has 2 aromatic rings. The van der Waals surface area contributed by atoms with Crippen LogP contribution in [0.25, 0.3) is 10.1 Å². The summed E-state index contributed by atoms with van der Waals surface area (Å²) in [5.74, 6) is 0. The number of hydrogen-bond acceptors (Lipinski definition) is 2. The number of rotatable bonds is 0. The SMILES string of the molecule is CS.Cc1csc2ccccc12. The van der Waals surface area contributed by atoms with Gasteiger partial charge in [0.25, 0.3) is 0 Å². The van der Waals surface area contributed by atoms with Gasteiger partial charge in [-0.05, 0) is 35.6 Å². The average molecular weight is 196 g/mol. The first kappa shape index (κ1) is 9.62. The summed E-state index contributed by atoms with van der Waals surface area (Å²) < 4.78 is 1.39. The maximum atomic E-state index is 3.53. The van der Waals surface area contributed by atoms with E-state index < -0.39 is 0 Å². The molecular weight excluding hydrogens is 184 g/mol. The fourth-order valence-corrected chi connectivity index (χ4v) is 2.05. The standard InChI is InChI=1S/C9H8S.CH4S/c1-7-6-10-9-5-3-2-4-8(7)9;1-2/h2-6H,1H3;2H,1H3. The molecule has 0 fully saturated rings. The second-order valence-corrected chi connectivity index (χ2v) is 3.33. The second kappa shape index (κ2) is 4.53. The van der Waals surface area contributed by atoms with E-state index in [-0.39, 0.29) is 0 Å². The average Bonchev–Trinajstić information content (AvgIpc) is 2.53. The van der Waals surface area contributed by atoms with Crippen molar-refractivity contribution in [3.63, 3.8) is 0 Å². The van der Waals surface area contributed by atoms with Gasteiger partial charge in [0.05, 0.1) is 0 Å². The van der Waals surface area contributed by atoms with Crippen LogP contribution in [0.3, 0.4) is 0 Å². The lowest BCUT2D eigenvalue weighted by molar-refractivity contribution is 1.60. The van der Waals surface area contributed by atoms with E-state index in [1.54, 1.807) is 6.26 Å². The largest absolute Gasteiger partial charge is 0.183 e. The molecule has 0 unspecified atom stereocenters. The second-order valence-electron chi connectivity index (χ2n) is 2.41. The summed E-state index contributed by atoms with van der Waals surface area (Å²) in [6.07, 6.45) is 1.69. The first-order chi connectivity index (χ1) is 5.88. The van der Waals surface area contributed by atoms with E-state index in [2.05, 4.69) is 49.2 Å². The molecule has 0 spiro atoms. The molecule has 0 saturated heterocycles. The minimum absolute atomic E-state index is 1.39. The smallest absolute Gasteiger partial charge is 0.0345 e. The summed E-state index contributed by atoms with van der Waals surface area (Å²) in [5, 5.41) is 3.59. The van der Waals surface area contributed by atoms with Crippen LogP contribution in [0.2, 0.25) is 0 Å². The molecule has 1 aromatic carbocycles. The first-order valence-corrected chi connectivity index (χ1v) is 5.53. The zero-order chi connectivity index (χ0) is 8.97. The van der Waals surface area contributed by atoms with Crippen LogP contribution in [-0.2, 0) is 0 Å². The number of fused-ring (bicyclic) bond motifs is 1. The molecule has 0 aliphatic heterocycles. The maximum Gasteiger partial charge on any atom is 0.0345 e. The third kappa shape index (κ3) is 1.82. The molecule has 1 aromatic heterocycles. The van der Waals surface area contributed by atoms with Crippen molar-refractivity contribution >= 4 is 34.1 Å². The van der Waals surface area contributed by atoms with Crippen LogP contribution in [0, 0.1) is 6.92 Å². The molecule has 0 N–H and O–H groups in total. The zero-order valence-electron chi connectivity index (χ0n) is 7.24. The van der Waals surface area contributed by atoms with Gasteiger partial charge >= 0.3 is 0 Å². The highest BCUT2D eigenvalue weighted by Gasteiger charge is 1.95. The molecule has 0 amide bonds. The first-order valence-electron chi connectivity index (χ1n) is 3.75. The minimum Gasteiger partial charge on any atom is -0.183 e. The Morgan fingerprint density at radius 2 is 1.83 bits per heavy atom. The van der Waals surface area contributed by atoms with Gasteiger partial charge in [0.15, 0.2) is 0 Å². The van der Waals surface area contributed by atoms with Gasteiger partial charge in [-0.25, -0.2) is 0 Å². The Hall–Kier alpha value is -0.470. The Labute approximate surface area is 82.6 Å². The van der Waals surface area contributed by atoms with Gasteiger partial charge in [-0.15, -0.1) is 11.3 Å². The summed E-state index contributed by atoms with van der Waals surface area (Å²) >= 11 is 5.34. The van der Waals surface area contributed by atoms with Gasteiger partial charge in [0.1, 0.15) is 0 Å². The van der Waals surface area contributed by atoms with Crippen LogP contribution in [0.5, 0.6) is 0 Å². The molecule has 0 atom stereocenters. The van der Waals surface area contributed by atoms with Crippen molar-refractivity contribution in [1.29, 1.82) is 0 Å². The molecule has 0 aliphatic rings. The Bertz CT molecular complexity index is 349. The van der Waals surface area contributed by atoms with Crippen molar-refractivity contribution in [3.8, 4) is 0 Å². The molecule has 1 heterocycles. The van der Waals surface area contributed by atoms with Gasteiger partial charge in [-0.2, -0.15) is 12.6 Å². The number of aryl methyl sites for hydroxylation is 1. The van der Waals surface area contributed by atoms with Crippen molar-refractivity contribution in [3.05, 3.63) is 35.2 Å². The third-order valence-electron chi connectivity index (χ3n) is 1.67. The highest BCUT2D eigenvalue weighted by Crippen LogP contribution is 2.24. The van der Waals surface area contributed by atoms with Crippen LogP contribution in [0.4, 0.5) is 0 Å². The number of benzene rings is 1. The molecule has 0 aliphatic carbocycles. The van der Waals surface area contributed by atoms with E-state index in [0.717, 1.165) is 0 Å². The van der Waals surface area contributed by atoms with Crippen LogP contribution in [0.1, 0.15) is 5.56 Å². The Morgan fingerprint density at radius 1 is 1.17 bits per heavy atom. The Kier molecular flexibility index (Phi) is 3.63. The Morgan fingerprint density at radius 3 is 2.50 bits per heavy atom. The molecule has 64 valence electrons. The monoisotopic (exact) mass is 196 g/mol. The van der Waals surface area contributed by atoms with E-state index in [0.29, 0.717) is 0 Å². The van der Waals surface area contributed by atoms with Crippen molar-refractivity contribution in [2.45, 2.75) is 6.92 Å². The topological polar surface area (TPSA) is 0 Å². The van der Waals surface area contributed by atoms with Crippen LogP contribution in [-0.4, -0.2) is 6.26 Å². The summed E-state index contributed by atoms with van der Waals surface area (Å²) in [4.78, 5) is 0. The Balaban J connectivity index is 0.000000336. The van der Waals surface area contributed by atoms with Crippen molar-refractivity contribution in [2.75, 3.05) is 6.26 Å². The van der Waals surface area contributed by atoms with Gasteiger partial charge in [-0.3, -0.25) is 0 Å². The van der Waals surface area contributed by atoms with Gasteiger partial charge in [0.2, 0.25) is 0 Å². The molecular formula is C10H12S2. The molecule has 0 nitrogen and oxygen atoms in total. The predicted octanol–water partition coefficient (Wildman–Crippen LogP) is 3.76. The number of hydrogen-bond donors (Lipinski definition) is 1. The van der Waals surface area contributed by atoms with Gasteiger partial charge in [-0.1, -0.05) is 18.2 Å². The van der Waals surface area contributed by atoms with E-state index in [1.807, 2.05) is 11.3 Å². The van der Waals surface area contributed by atoms with E-state index >= 15 is 0 Å². The quantitative estimate of drug-likeness (QED) is 0.609. The minimum atomic E-state index is 1.39. The van der Waals surface area contributed by atoms with Gasteiger partial charge < -0.3 is 0 Å². The van der Waals surface area contributed by atoms with Crippen LogP contribution < -0.4 is 0 Å². The molecule has 2 rings (SSSR count). The van der Waals surface area contributed by atoms with Crippen LogP contribution in [0.15, 0.2) is 29.6 Å². The molecule has 0 saturated carbocycles. The van der Waals surface area contributed by atoms with Crippen molar-refractivity contribution < 1.29 is 0 Å². The predicted molar refractivity (Wildman–Crippen MR) is 61.5 cm³/mol. The van der Waals surface area contributed by atoms with Crippen molar-refractivity contribution in [1.82, 2.24) is 0 Å². The summed E-state index contributed by atoms with van der Waals surface area (Å²) in [6.45, 7) is 2.15. The van der Waals surface area contributed by atoms with E-state index in [4.69, 9.17) is 0 Å². The van der Waals surface area contributed by atoms with Gasteiger partial charge in [0, 0.05) is 4.70 Å². The molecule has 0 radical (unpaired) electrons. The fourth-order valence-electron chi connectivity index (χ4n) is 1.11. The zero-order valence-corrected chi connectivity index (χ0v) is 8.95. The molecule has 12 heavy (non-hydrogen) atoms. The summed E-state index contributed by atoms with van der Waals surface area (Å²) in [5.41, 5.74) is 1.39. The van der Waals surface area contributed by atoms with Crippen molar-refractivity contribution in [2.24, 2.45) is 0 Å². The summed E-state index contributed by atoms with van der Waals surface area (Å²) in [7, 11) is 0. The molecule has 2 heteroatoms. The lowest BCUT2D eigenvalue weighted by Crippen LogP contribution is -1.63. The lowest BCUT2D eigenvalue weighted by atomic mass is 10.2. The third-order valence-corrected chi connectivity index (χ3v) is 2.76. The maximum absolute atomic E-state index is 3.53. The number of thiol groups is 1. The molecule has 0 bridgehead atoms. The summed E-state index contributed by atoms with van der Waals surface area (Å²) in [6, 6.07) is 8.49. The van der Waals surface area contributed by atoms with E-state index in [1.165, 1.54) is 15.6 Å². The number of thiophene rings is 1. The fraction of sp³-hybridized carbons (Fsp3) is 0.200. The highest BCUT2D eigenvalue weighted by atomic mass is 32.1. The lowest BCUT2D eigenvalue weighted by Gasteiger charge is -1.86. The van der Waals surface area contributed by atoms with E-state index in [9.17, 15) is 0 Å². The normalized spacial score (nSPS) is 9.25. The highest BCUT2D eigenvalue weighted by molar-refractivity contribution is 7.79. The van der Waals surface area contributed by atoms with Crippen LogP contribution >= 0.6 is 24.0 Å².